The Bertz CT molecular complexity index is 340. The van der Waals surface area contributed by atoms with E-state index < -0.39 is 0 Å². The molecule has 0 radical (unpaired) electrons. The Morgan fingerprint density at radius 2 is 1.93 bits per heavy atom. The third kappa shape index (κ3) is 3.83. The molecule has 1 rings (SSSR count). The van der Waals surface area contributed by atoms with Crippen LogP contribution in [0.5, 0.6) is 0 Å². The molecular weight excluding hydrogens is 255 g/mol. The second-order valence-corrected chi connectivity index (χ2v) is 3.92. The van der Waals surface area contributed by atoms with E-state index in [1.165, 1.54) is 0 Å². The first-order chi connectivity index (χ1) is 7.15. The standard InChI is InChI=1S/C9H10Cl2N2OS/c10-6-2-1-3-7(11)8(6)13-9(15)12-4-5-14/h1-3,14H,4-5H2,(H2,12,13,15). The maximum Gasteiger partial charge on any atom is 0.170 e. The van der Waals surface area contributed by atoms with E-state index in [1.54, 1.807) is 18.2 Å². The number of para-hydroxylation sites is 1. The minimum Gasteiger partial charge on any atom is -0.395 e. The second kappa shape index (κ2) is 6.12. The lowest BCUT2D eigenvalue weighted by Gasteiger charge is -2.11. The fraction of sp³-hybridized carbons (Fsp3) is 0.222. The van der Waals surface area contributed by atoms with E-state index in [0.29, 0.717) is 27.4 Å². The number of rotatable bonds is 3. The normalized spacial score (nSPS) is 9.80. The van der Waals surface area contributed by atoms with Crippen LogP contribution in [0.4, 0.5) is 5.69 Å². The van der Waals surface area contributed by atoms with Crippen LogP contribution in [-0.2, 0) is 0 Å². The van der Waals surface area contributed by atoms with E-state index in [1.807, 2.05) is 0 Å². The van der Waals surface area contributed by atoms with Gasteiger partial charge in [-0.15, -0.1) is 0 Å². The molecule has 1 aromatic rings. The van der Waals surface area contributed by atoms with Gasteiger partial charge in [-0.2, -0.15) is 0 Å². The topological polar surface area (TPSA) is 44.3 Å². The highest BCUT2D eigenvalue weighted by Crippen LogP contribution is 2.29. The third-order valence-electron chi connectivity index (χ3n) is 1.60. The molecular formula is C9H10Cl2N2OS. The van der Waals surface area contributed by atoms with Gasteiger partial charge in [-0.3, -0.25) is 0 Å². The van der Waals surface area contributed by atoms with Gasteiger partial charge in [0.1, 0.15) is 0 Å². The molecule has 1 aromatic carbocycles. The molecule has 0 aromatic heterocycles. The number of nitrogens with one attached hydrogen (secondary N) is 2. The number of aliphatic hydroxyl groups is 1. The van der Waals surface area contributed by atoms with Crippen LogP contribution in [-0.4, -0.2) is 23.4 Å². The van der Waals surface area contributed by atoms with Gasteiger partial charge in [0.2, 0.25) is 0 Å². The lowest BCUT2D eigenvalue weighted by molar-refractivity contribution is 0.301. The molecule has 0 spiro atoms. The summed E-state index contributed by atoms with van der Waals surface area (Å²) in [5.41, 5.74) is 0.566. The molecule has 0 fully saturated rings. The summed E-state index contributed by atoms with van der Waals surface area (Å²) in [5, 5.41) is 15.6. The van der Waals surface area contributed by atoms with Crippen molar-refractivity contribution in [3.05, 3.63) is 28.2 Å². The zero-order valence-electron chi connectivity index (χ0n) is 7.76. The number of hydrogen-bond donors (Lipinski definition) is 3. The Morgan fingerprint density at radius 3 is 2.47 bits per heavy atom. The molecule has 3 N–H and O–H groups in total. The number of hydrogen-bond acceptors (Lipinski definition) is 2. The second-order valence-electron chi connectivity index (χ2n) is 2.70. The van der Waals surface area contributed by atoms with Gasteiger partial charge in [-0.25, -0.2) is 0 Å². The van der Waals surface area contributed by atoms with Crippen molar-refractivity contribution >= 4 is 46.2 Å². The van der Waals surface area contributed by atoms with E-state index in [9.17, 15) is 0 Å². The van der Waals surface area contributed by atoms with Crippen LogP contribution in [0.2, 0.25) is 10.0 Å². The summed E-state index contributed by atoms with van der Waals surface area (Å²) in [6.45, 7) is 0.395. The van der Waals surface area contributed by atoms with Crippen molar-refractivity contribution in [1.29, 1.82) is 0 Å². The molecule has 0 bridgehead atoms. The van der Waals surface area contributed by atoms with Crippen LogP contribution in [0, 0.1) is 0 Å². The molecule has 0 amide bonds. The van der Waals surface area contributed by atoms with Crippen molar-refractivity contribution < 1.29 is 5.11 Å². The van der Waals surface area contributed by atoms with Crippen LogP contribution < -0.4 is 10.6 Å². The zero-order chi connectivity index (χ0) is 11.3. The van der Waals surface area contributed by atoms with Gasteiger partial charge < -0.3 is 15.7 Å². The Labute approximate surface area is 103 Å². The molecule has 0 saturated heterocycles. The zero-order valence-corrected chi connectivity index (χ0v) is 10.1. The van der Waals surface area contributed by atoms with Gasteiger partial charge in [0, 0.05) is 6.54 Å². The Morgan fingerprint density at radius 1 is 1.33 bits per heavy atom. The van der Waals surface area contributed by atoms with Crippen LogP contribution >= 0.6 is 35.4 Å². The molecule has 82 valence electrons. The van der Waals surface area contributed by atoms with E-state index >= 15 is 0 Å². The highest BCUT2D eigenvalue weighted by Gasteiger charge is 2.06. The summed E-state index contributed by atoms with van der Waals surface area (Å²) in [5.74, 6) is 0. The van der Waals surface area contributed by atoms with Crippen LogP contribution in [0.3, 0.4) is 0 Å². The summed E-state index contributed by atoms with van der Waals surface area (Å²) in [6.07, 6.45) is 0. The predicted molar refractivity (Wildman–Crippen MR) is 67.8 cm³/mol. The highest BCUT2D eigenvalue weighted by molar-refractivity contribution is 7.80. The third-order valence-corrected chi connectivity index (χ3v) is 2.47. The number of thiocarbonyl (C=S) groups is 1. The quantitative estimate of drug-likeness (QED) is 0.734. The van der Waals surface area contributed by atoms with Crippen LogP contribution in [0.25, 0.3) is 0 Å². The number of halogens is 2. The van der Waals surface area contributed by atoms with Crippen molar-refractivity contribution in [2.45, 2.75) is 0 Å². The van der Waals surface area contributed by atoms with Crippen molar-refractivity contribution in [3.63, 3.8) is 0 Å². The first-order valence-corrected chi connectivity index (χ1v) is 5.41. The first kappa shape index (κ1) is 12.5. The molecule has 0 aliphatic carbocycles. The number of benzene rings is 1. The number of anilines is 1. The number of aliphatic hydroxyl groups excluding tert-OH is 1. The summed E-state index contributed by atoms with van der Waals surface area (Å²) in [6, 6.07) is 5.18. The monoisotopic (exact) mass is 264 g/mol. The minimum atomic E-state index is 0.0120. The molecule has 0 unspecified atom stereocenters. The predicted octanol–water partition coefficient (Wildman–Crippen LogP) is 2.27. The molecule has 0 atom stereocenters. The SMILES string of the molecule is OCCNC(=S)Nc1c(Cl)cccc1Cl. The fourth-order valence-corrected chi connectivity index (χ4v) is 1.64. The molecule has 6 heteroatoms. The van der Waals surface area contributed by atoms with Gasteiger partial charge in [-0.05, 0) is 24.4 Å². The molecule has 0 aliphatic heterocycles. The largest absolute Gasteiger partial charge is 0.395 e. The first-order valence-electron chi connectivity index (χ1n) is 4.25. The Balaban J connectivity index is 2.68. The summed E-state index contributed by atoms with van der Waals surface area (Å²) < 4.78 is 0. The van der Waals surface area contributed by atoms with E-state index in [4.69, 9.17) is 40.5 Å². The van der Waals surface area contributed by atoms with Crippen LogP contribution in [0.15, 0.2) is 18.2 Å². The Hall–Kier alpha value is -0.550. The molecule has 0 saturated carbocycles. The smallest absolute Gasteiger partial charge is 0.170 e. The van der Waals surface area contributed by atoms with E-state index in [-0.39, 0.29) is 6.61 Å². The van der Waals surface area contributed by atoms with E-state index in [0.717, 1.165) is 0 Å². The van der Waals surface area contributed by atoms with E-state index in [2.05, 4.69) is 10.6 Å². The van der Waals surface area contributed by atoms with Gasteiger partial charge >= 0.3 is 0 Å². The fourth-order valence-electron chi connectivity index (χ4n) is 0.944. The average Bonchev–Trinajstić information content (AvgIpc) is 2.21. The van der Waals surface area contributed by atoms with Crippen molar-refractivity contribution in [2.75, 3.05) is 18.5 Å². The van der Waals surface area contributed by atoms with Crippen molar-refractivity contribution in [2.24, 2.45) is 0 Å². The summed E-state index contributed by atoms with van der Waals surface area (Å²) in [4.78, 5) is 0. The minimum absolute atomic E-state index is 0.0120. The highest BCUT2D eigenvalue weighted by atomic mass is 35.5. The van der Waals surface area contributed by atoms with Crippen LogP contribution in [0.1, 0.15) is 0 Å². The summed E-state index contributed by atoms with van der Waals surface area (Å²) in [7, 11) is 0. The molecule has 15 heavy (non-hydrogen) atoms. The maximum absolute atomic E-state index is 8.59. The van der Waals surface area contributed by atoms with Gasteiger partial charge in [0.25, 0.3) is 0 Å². The Kier molecular flexibility index (Phi) is 5.11. The lowest BCUT2D eigenvalue weighted by atomic mass is 10.3. The summed E-state index contributed by atoms with van der Waals surface area (Å²) >= 11 is 16.8. The maximum atomic E-state index is 8.59. The van der Waals surface area contributed by atoms with Gasteiger partial charge in [0.15, 0.2) is 5.11 Å². The van der Waals surface area contributed by atoms with Gasteiger partial charge in [-0.1, -0.05) is 29.3 Å². The molecule has 0 aliphatic rings. The molecule has 0 heterocycles. The molecule has 3 nitrogen and oxygen atoms in total. The van der Waals surface area contributed by atoms with Crippen molar-refractivity contribution in [3.8, 4) is 0 Å². The van der Waals surface area contributed by atoms with Gasteiger partial charge in [0.05, 0.1) is 22.3 Å². The lowest BCUT2D eigenvalue weighted by Crippen LogP contribution is -2.30. The average molecular weight is 265 g/mol. The van der Waals surface area contributed by atoms with Crippen molar-refractivity contribution in [1.82, 2.24) is 5.32 Å².